The maximum absolute atomic E-state index is 11.5. The van der Waals surface area contributed by atoms with E-state index in [2.05, 4.69) is 13.8 Å². The molecule has 0 spiro atoms. The van der Waals surface area contributed by atoms with Crippen molar-refractivity contribution in [2.75, 3.05) is 0 Å². The van der Waals surface area contributed by atoms with Crippen molar-refractivity contribution in [2.45, 2.75) is 82.1 Å². The molecule has 0 radical (unpaired) electrons. The van der Waals surface area contributed by atoms with Crippen LogP contribution in [0.5, 0.6) is 0 Å². The van der Waals surface area contributed by atoms with Gasteiger partial charge in [-0.25, -0.2) is 0 Å². The molecule has 0 amide bonds. The maximum atomic E-state index is 11.5. The molecule has 152 valence electrons. The summed E-state index contributed by atoms with van der Waals surface area (Å²) in [6.45, 7) is 25.2. The Bertz CT molecular complexity index is 435. The molecule has 0 unspecified atom stereocenters. The molecule has 5 heteroatoms. The summed E-state index contributed by atoms with van der Waals surface area (Å²) in [5.41, 5.74) is -2.16. The number of carbonyl (C=O) groups excluding carboxylic acids is 4. The van der Waals surface area contributed by atoms with Crippen molar-refractivity contribution in [1.29, 1.82) is 0 Å². The van der Waals surface area contributed by atoms with Crippen LogP contribution < -0.4 is 0 Å². The molecule has 0 aromatic carbocycles. The van der Waals surface area contributed by atoms with Crippen LogP contribution in [0.2, 0.25) is 0 Å². The van der Waals surface area contributed by atoms with E-state index >= 15 is 0 Å². The Morgan fingerprint density at radius 1 is 0.519 bits per heavy atom. The van der Waals surface area contributed by atoms with Gasteiger partial charge in [-0.05, 0) is 0 Å². The van der Waals surface area contributed by atoms with Crippen molar-refractivity contribution >= 4 is 68.6 Å². The van der Waals surface area contributed by atoms with Crippen LogP contribution in [0.25, 0.3) is 0 Å². The molecule has 0 rings (SSSR count). The van der Waals surface area contributed by atoms with Gasteiger partial charge in [0.05, 0.1) is 12.8 Å². The predicted octanol–water partition coefficient (Wildman–Crippen LogP) is 4.46. The molecule has 4 nitrogen and oxygen atoms in total. The minimum Gasteiger partial charge on any atom is -0.331 e. The van der Waals surface area contributed by atoms with Crippen LogP contribution in [-0.2, 0) is 19.2 Å². The van der Waals surface area contributed by atoms with Crippen LogP contribution in [0.4, 0.5) is 0 Å². The minimum absolute atomic E-state index is 0. The first-order chi connectivity index (χ1) is 11.1. The fourth-order valence-electron chi connectivity index (χ4n) is 1.30. The minimum atomic E-state index is -0.652. The molecule has 0 N–H and O–H groups in total. The first kappa shape index (κ1) is 31.8. The molecule has 0 aliphatic carbocycles. The summed E-state index contributed by atoms with van der Waals surface area (Å²) in [5.74, 6) is -0.219. The van der Waals surface area contributed by atoms with Crippen LogP contribution in [-0.4, -0.2) is 68.6 Å². The molecule has 0 aromatic heterocycles. The van der Waals surface area contributed by atoms with Crippen LogP contribution >= 0.6 is 0 Å². The normalized spacial score (nSPS) is 12.3. The SMILES string of the molecule is [CH2-]C(C)(C)C(=O)CC(=O)C(C)(C)C.[CH2-]C(C)(C)C(=O)CC(=O)C(C)(C)C.[Sr+2]. The monoisotopic (exact) mass is 454 g/mol. The van der Waals surface area contributed by atoms with E-state index in [4.69, 9.17) is 0 Å². The van der Waals surface area contributed by atoms with Crippen molar-refractivity contribution < 1.29 is 19.2 Å². The van der Waals surface area contributed by atoms with Gasteiger partial charge in [0.2, 0.25) is 0 Å². The summed E-state index contributed by atoms with van der Waals surface area (Å²) in [4.78, 5) is 45.8. The van der Waals surface area contributed by atoms with E-state index in [-0.39, 0.29) is 81.5 Å². The number of ketones is 4. The third-order valence-corrected chi connectivity index (χ3v) is 3.82. The number of rotatable bonds is 6. The van der Waals surface area contributed by atoms with E-state index in [1.807, 2.05) is 41.5 Å². The van der Waals surface area contributed by atoms with Gasteiger partial charge in [0.15, 0.2) is 0 Å². The summed E-state index contributed by atoms with van der Waals surface area (Å²) in [6, 6.07) is 0. The topological polar surface area (TPSA) is 68.3 Å². The summed E-state index contributed by atoms with van der Waals surface area (Å²) in [5, 5.41) is 0. The largest absolute Gasteiger partial charge is 2.00 e. The van der Waals surface area contributed by atoms with Gasteiger partial charge in [-0.1, -0.05) is 69.2 Å². The second kappa shape index (κ2) is 11.4. The molecule has 0 fully saturated rings. The second-order valence-corrected chi connectivity index (χ2v) is 10.3. The number of carbonyl (C=O) groups is 4. The standard InChI is InChI=1S/2C11H19O2.Sr/c2*1-10(2,3)8(12)7-9(13)11(4,5)6;/h2*1,7H2,2-6H3;/q2*-1;+2. The summed E-state index contributed by atoms with van der Waals surface area (Å²) < 4.78 is 0. The molecular weight excluding hydrogens is 416 g/mol. The van der Waals surface area contributed by atoms with Gasteiger partial charge >= 0.3 is 45.5 Å². The Labute approximate surface area is 203 Å². The van der Waals surface area contributed by atoms with Crippen molar-refractivity contribution in [3.05, 3.63) is 13.8 Å². The number of Topliss-reactive ketones (excluding diaryl/α,β-unsaturated/α-hetero) is 4. The number of hydrogen-bond acceptors (Lipinski definition) is 4. The molecule has 0 heterocycles. The Morgan fingerprint density at radius 3 is 0.815 bits per heavy atom. The second-order valence-electron chi connectivity index (χ2n) is 10.3. The van der Waals surface area contributed by atoms with Crippen LogP contribution in [0, 0.1) is 35.5 Å². The third kappa shape index (κ3) is 14.8. The fraction of sp³-hybridized carbons (Fsp3) is 0.727. The molecular formula is C22H38O4Sr. The quantitative estimate of drug-likeness (QED) is 0.338. The zero-order valence-corrected chi connectivity index (χ0v) is 22.6. The van der Waals surface area contributed by atoms with Crippen molar-refractivity contribution in [3.8, 4) is 0 Å². The Balaban J connectivity index is -0.000000411. The van der Waals surface area contributed by atoms with Crippen LogP contribution in [0.1, 0.15) is 82.1 Å². The van der Waals surface area contributed by atoms with Gasteiger partial charge in [0, 0.05) is 10.8 Å². The average molecular weight is 454 g/mol. The Morgan fingerprint density at radius 2 is 0.704 bits per heavy atom. The predicted molar refractivity (Wildman–Crippen MR) is 112 cm³/mol. The van der Waals surface area contributed by atoms with E-state index in [1.165, 1.54) is 0 Å². The smallest absolute Gasteiger partial charge is 0.331 e. The van der Waals surface area contributed by atoms with Gasteiger partial charge in [-0.15, -0.1) is 10.8 Å². The van der Waals surface area contributed by atoms with Gasteiger partial charge in [0.1, 0.15) is 23.1 Å². The van der Waals surface area contributed by atoms with Crippen molar-refractivity contribution in [1.82, 2.24) is 0 Å². The summed E-state index contributed by atoms with van der Waals surface area (Å²) in [6.07, 6.45) is -0.000000000000000444. The average Bonchev–Trinajstić information content (AvgIpc) is 2.34. The summed E-state index contributed by atoms with van der Waals surface area (Å²) >= 11 is 0. The van der Waals surface area contributed by atoms with Crippen molar-refractivity contribution in [3.63, 3.8) is 0 Å². The first-order valence-corrected chi connectivity index (χ1v) is 8.94. The molecule has 0 saturated carbocycles. The van der Waals surface area contributed by atoms with Gasteiger partial charge in [-0.2, -0.15) is 0 Å². The van der Waals surface area contributed by atoms with Crippen LogP contribution in [0.15, 0.2) is 0 Å². The molecule has 27 heavy (non-hydrogen) atoms. The van der Waals surface area contributed by atoms with Gasteiger partial charge in [-0.3, -0.25) is 9.59 Å². The molecule has 0 bridgehead atoms. The fourth-order valence-corrected chi connectivity index (χ4v) is 1.30. The Kier molecular flexibility index (Phi) is 13.4. The molecule has 0 saturated heterocycles. The van der Waals surface area contributed by atoms with E-state index in [1.54, 1.807) is 27.7 Å². The molecule has 0 aromatic rings. The van der Waals surface area contributed by atoms with Gasteiger partial charge in [0.25, 0.3) is 0 Å². The Hall–Kier alpha value is 0.161. The summed E-state index contributed by atoms with van der Waals surface area (Å²) in [7, 11) is 0. The molecule has 0 atom stereocenters. The van der Waals surface area contributed by atoms with Gasteiger partial charge < -0.3 is 23.4 Å². The van der Waals surface area contributed by atoms with E-state index in [0.29, 0.717) is 0 Å². The maximum Gasteiger partial charge on any atom is 2.00 e. The number of hydrogen-bond donors (Lipinski definition) is 0. The van der Waals surface area contributed by atoms with E-state index < -0.39 is 21.7 Å². The molecule has 0 aliphatic heterocycles. The van der Waals surface area contributed by atoms with E-state index in [9.17, 15) is 19.2 Å². The zero-order valence-electron chi connectivity index (χ0n) is 19.2. The van der Waals surface area contributed by atoms with E-state index in [0.717, 1.165) is 0 Å². The first-order valence-electron chi connectivity index (χ1n) is 8.94. The van der Waals surface area contributed by atoms with Crippen molar-refractivity contribution in [2.24, 2.45) is 21.7 Å². The van der Waals surface area contributed by atoms with Crippen LogP contribution in [0.3, 0.4) is 0 Å². The zero-order chi connectivity index (χ0) is 21.7. The third-order valence-electron chi connectivity index (χ3n) is 3.82. The molecule has 0 aliphatic rings.